The Balaban J connectivity index is 1.98. The van der Waals surface area contributed by atoms with Crippen molar-refractivity contribution < 1.29 is 9.53 Å². The topological polar surface area (TPSA) is 38.7 Å². The highest BCUT2D eigenvalue weighted by Crippen LogP contribution is 2.23. The summed E-state index contributed by atoms with van der Waals surface area (Å²) in [4.78, 5) is 16.2. The molecule has 1 heterocycles. The first-order chi connectivity index (χ1) is 10.1. The number of nitrogens with zero attached hydrogens (tertiary/aromatic N) is 1. The molecule has 0 radical (unpaired) electrons. The lowest BCUT2D eigenvalue weighted by Crippen LogP contribution is -2.05. The SMILES string of the molecule is Cc1cccc(C2=N/C(=C/c3ccccc3Br)C(=O)O2)c1. The van der Waals surface area contributed by atoms with Gasteiger partial charge in [-0.05, 0) is 36.8 Å². The molecule has 0 N–H and O–H groups in total. The first kappa shape index (κ1) is 13.8. The molecule has 0 atom stereocenters. The minimum atomic E-state index is -0.428. The molecule has 0 aliphatic carbocycles. The number of aryl methyl sites for hydroxylation is 1. The molecule has 1 aliphatic heterocycles. The third-order valence-electron chi connectivity index (χ3n) is 3.08. The van der Waals surface area contributed by atoms with Gasteiger partial charge in [-0.1, -0.05) is 51.8 Å². The van der Waals surface area contributed by atoms with Crippen LogP contribution in [0.5, 0.6) is 0 Å². The number of carbonyl (C=O) groups is 1. The van der Waals surface area contributed by atoms with Crippen molar-refractivity contribution >= 4 is 33.9 Å². The van der Waals surface area contributed by atoms with Crippen LogP contribution in [0.25, 0.3) is 6.08 Å². The molecular weight excluding hydrogens is 330 g/mol. The molecule has 0 saturated carbocycles. The average Bonchev–Trinajstić information content (AvgIpc) is 2.83. The van der Waals surface area contributed by atoms with E-state index in [2.05, 4.69) is 20.9 Å². The monoisotopic (exact) mass is 341 g/mol. The van der Waals surface area contributed by atoms with E-state index < -0.39 is 5.97 Å². The highest BCUT2D eigenvalue weighted by Gasteiger charge is 2.24. The molecule has 2 aromatic carbocycles. The van der Waals surface area contributed by atoms with Gasteiger partial charge in [0.25, 0.3) is 0 Å². The second-order valence-corrected chi connectivity index (χ2v) is 5.58. The predicted octanol–water partition coefficient (Wildman–Crippen LogP) is 4.10. The van der Waals surface area contributed by atoms with Gasteiger partial charge < -0.3 is 4.74 Å². The van der Waals surface area contributed by atoms with E-state index in [-0.39, 0.29) is 0 Å². The number of carbonyl (C=O) groups excluding carboxylic acids is 1. The Hall–Kier alpha value is -2.20. The summed E-state index contributed by atoms with van der Waals surface area (Å²) in [7, 11) is 0. The molecule has 1 aliphatic rings. The van der Waals surface area contributed by atoms with Gasteiger partial charge in [0.05, 0.1) is 0 Å². The van der Waals surface area contributed by atoms with E-state index in [4.69, 9.17) is 4.74 Å². The zero-order chi connectivity index (χ0) is 14.8. The van der Waals surface area contributed by atoms with Gasteiger partial charge in [0, 0.05) is 10.0 Å². The number of aliphatic imine (C=N–C) groups is 1. The Bertz CT molecular complexity index is 778. The van der Waals surface area contributed by atoms with Gasteiger partial charge in [-0.25, -0.2) is 9.79 Å². The van der Waals surface area contributed by atoms with E-state index in [9.17, 15) is 4.79 Å². The third kappa shape index (κ3) is 2.95. The number of benzene rings is 2. The normalized spacial score (nSPS) is 16.0. The summed E-state index contributed by atoms with van der Waals surface area (Å²) < 4.78 is 6.16. The van der Waals surface area contributed by atoms with Crippen LogP contribution in [-0.2, 0) is 9.53 Å². The molecule has 2 aromatic rings. The number of hydrogen-bond donors (Lipinski definition) is 0. The van der Waals surface area contributed by atoms with Gasteiger partial charge in [0.2, 0.25) is 5.90 Å². The largest absolute Gasteiger partial charge is 0.402 e. The highest BCUT2D eigenvalue weighted by molar-refractivity contribution is 9.10. The maximum absolute atomic E-state index is 11.9. The molecule has 3 rings (SSSR count). The zero-order valence-electron chi connectivity index (χ0n) is 11.3. The minimum absolute atomic E-state index is 0.304. The summed E-state index contributed by atoms with van der Waals surface area (Å²) in [6.07, 6.45) is 1.72. The van der Waals surface area contributed by atoms with E-state index in [1.807, 2.05) is 55.5 Å². The summed E-state index contributed by atoms with van der Waals surface area (Å²) in [6.45, 7) is 1.98. The predicted molar refractivity (Wildman–Crippen MR) is 85.9 cm³/mol. The lowest BCUT2D eigenvalue weighted by Gasteiger charge is -1.99. The number of halogens is 1. The van der Waals surface area contributed by atoms with E-state index in [1.165, 1.54) is 0 Å². The zero-order valence-corrected chi connectivity index (χ0v) is 12.9. The smallest absolute Gasteiger partial charge is 0.363 e. The minimum Gasteiger partial charge on any atom is -0.402 e. The number of ether oxygens (including phenoxy) is 1. The highest BCUT2D eigenvalue weighted by atomic mass is 79.9. The number of cyclic esters (lactones) is 1. The molecule has 0 saturated heterocycles. The van der Waals surface area contributed by atoms with Crippen molar-refractivity contribution in [2.75, 3.05) is 0 Å². The Morgan fingerprint density at radius 2 is 1.95 bits per heavy atom. The first-order valence-corrected chi connectivity index (χ1v) is 7.27. The van der Waals surface area contributed by atoms with Crippen LogP contribution in [0.2, 0.25) is 0 Å². The summed E-state index contributed by atoms with van der Waals surface area (Å²) in [6, 6.07) is 15.4. The van der Waals surface area contributed by atoms with Crippen molar-refractivity contribution in [3.63, 3.8) is 0 Å². The Labute approximate surface area is 131 Å². The number of hydrogen-bond acceptors (Lipinski definition) is 3. The van der Waals surface area contributed by atoms with Gasteiger partial charge in [0.1, 0.15) is 0 Å². The quantitative estimate of drug-likeness (QED) is 0.609. The molecule has 0 spiro atoms. The summed E-state index contributed by atoms with van der Waals surface area (Å²) >= 11 is 3.45. The molecular formula is C17H12BrNO2. The molecule has 21 heavy (non-hydrogen) atoms. The van der Waals surface area contributed by atoms with Crippen LogP contribution in [0.3, 0.4) is 0 Å². The van der Waals surface area contributed by atoms with Crippen molar-refractivity contribution in [2.24, 2.45) is 4.99 Å². The van der Waals surface area contributed by atoms with Crippen molar-refractivity contribution in [3.8, 4) is 0 Å². The lowest BCUT2D eigenvalue weighted by atomic mass is 10.1. The summed E-state index contributed by atoms with van der Waals surface area (Å²) in [5.74, 6) is -0.0794. The molecule has 4 heteroatoms. The molecule has 0 amide bonds. The molecule has 3 nitrogen and oxygen atoms in total. The Morgan fingerprint density at radius 1 is 1.14 bits per heavy atom. The molecule has 0 bridgehead atoms. The fraction of sp³-hybridized carbons (Fsp3) is 0.0588. The number of esters is 1. The second-order valence-electron chi connectivity index (χ2n) is 4.73. The van der Waals surface area contributed by atoms with Crippen LogP contribution in [0, 0.1) is 6.92 Å². The van der Waals surface area contributed by atoms with Gasteiger partial charge in [-0.15, -0.1) is 0 Å². The average molecular weight is 342 g/mol. The Morgan fingerprint density at radius 3 is 2.71 bits per heavy atom. The molecule has 0 aromatic heterocycles. The van der Waals surface area contributed by atoms with Crippen LogP contribution in [-0.4, -0.2) is 11.9 Å². The van der Waals surface area contributed by atoms with Crippen molar-refractivity contribution in [1.82, 2.24) is 0 Å². The van der Waals surface area contributed by atoms with Gasteiger partial charge in [-0.2, -0.15) is 0 Å². The van der Waals surface area contributed by atoms with E-state index >= 15 is 0 Å². The van der Waals surface area contributed by atoms with Crippen molar-refractivity contribution in [1.29, 1.82) is 0 Å². The van der Waals surface area contributed by atoms with Crippen LogP contribution < -0.4 is 0 Å². The molecule has 104 valence electrons. The van der Waals surface area contributed by atoms with Crippen LogP contribution in [0.4, 0.5) is 0 Å². The summed E-state index contributed by atoms with van der Waals surface area (Å²) in [5, 5.41) is 0. The van der Waals surface area contributed by atoms with Crippen LogP contribution >= 0.6 is 15.9 Å². The van der Waals surface area contributed by atoms with E-state index in [0.29, 0.717) is 11.6 Å². The molecule has 0 fully saturated rings. The maximum atomic E-state index is 11.9. The fourth-order valence-corrected chi connectivity index (χ4v) is 2.45. The second kappa shape index (κ2) is 5.66. The third-order valence-corrected chi connectivity index (χ3v) is 3.81. The molecule has 0 unspecified atom stereocenters. The van der Waals surface area contributed by atoms with E-state index in [0.717, 1.165) is 21.2 Å². The lowest BCUT2D eigenvalue weighted by molar-refractivity contribution is -0.129. The standard InChI is InChI=1S/C17H12BrNO2/c1-11-5-4-7-13(9-11)16-19-15(17(20)21-16)10-12-6-2-3-8-14(12)18/h2-10H,1H3/b15-10+. The van der Waals surface area contributed by atoms with Crippen LogP contribution in [0.15, 0.2) is 63.7 Å². The fourth-order valence-electron chi connectivity index (χ4n) is 2.05. The maximum Gasteiger partial charge on any atom is 0.363 e. The van der Waals surface area contributed by atoms with Crippen molar-refractivity contribution in [2.45, 2.75) is 6.92 Å². The van der Waals surface area contributed by atoms with Crippen molar-refractivity contribution in [3.05, 3.63) is 75.4 Å². The van der Waals surface area contributed by atoms with E-state index in [1.54, 1.807) is 6.08 Å². The number of rotatable bonds is 2. The summed E-state index contributed by atoms with van der Waals surface area (Å²) in [5.41, 5.74) is 3.09. The van der Waals surface area contributed by atoms with Gasteiger partial charge >= 0.3 is 5.97 Å². The van der Waals surface area contributed by atoms with Gasteiger partial charge in [0.15, 0.2) is 5.70 Å². The van der Waals surface area contributed by atoms with Crippen LogP contribution in [0.1, 0.15) is 16.7 Å². The first-order valence-electron chi connectivity index (χ1n) is 6.47. The van der Waals surface area contributed by atoms with Gasteiger partial charge in [-0.3, -0.25) is 0 Å². The Kier molecular flexibility index (Phi) is 3.71.